The summed E-state index contributed by atoms with van der Waals surface area (Å²) in [6.07, 6.45) is 0. The fourth-order valence-corrected chi connectivity index (χ4v) is 2.51. The number of hydrogen-bond donors (Lipinski definition) is 2. The first-order valence-corrected chi connectivity index (χ1v) is 6.99. The van der Waals surface area contributed by atoms with Crippen molar-refractivity contribution in [2.24, 2.45) is 0 Å². The topological polar surface area (TPSA) is 63.9 Å². The molecular weight excluding hydrogens is 388 g/mol. The quantitative estimate of drug-likeness (QED) is 0.770. The van der Waals surface area contributed by atoms with Gasteiger partial charge in [-0.1, -0.05) is 23.2 Å². The number of hydrogen-bond acceptors (Lipinski definition) is 3. The second kappa shape index (κ2) is 5.54. The maximum absolute atomic E-state index is 6.22. The van der Waals surface area contributed by atoms with Gasteiger partial charge in [0.2, 0.25) is 0 Å². The summed E-state index contributed by atoms with van der Waals surface area (Å²) in [5, 5.41) is 7.81. The predicted octanol–water partition coefficient (Wildman–Crippen LogP) is 3.97. The largest absolute Gasteiger partial charge is 0.492 e. The van der Waals surface area contributed by atoms with Crippen LogP contribution in [-0.4, -0.2) is 16.8 Å². The summed E-state index contributed by atoms with van der Waals surface area (Å²) in [5.41, 5.74) is 7.19. The third-order valence-electron chi connectivity index (χ3n) is 2.32. The Labute approximate surface area is 128 Å². The van der Waals surface area contributed by atoms with Gasteiger partial charge in [-0.3, -0.25) is 5.10 Å². The minimum Gasteiger partial charge on any atom is -0.492 e. The molecule has 0 bridgehead atoms. The summed E-state index contributed by atoms with van der Waals surface area (Å²) in [6.45, 7) is 2.42. The van der Waals surface area contributed by atoms with Crippen LogP contribution < -0.4 is 10.5 Å². The van der Waals surface area contributed by atoms with Crippen molar-refractivity contribution in [2.45, 2.75) is 6.92 Å². The first-order valence-electron chi connectivity index (χ1n) is 5.16. The van der Waals surface area contributed by atoms with Crippen molar-refractivity contribution in [1.29, 1.82) is 0 Å². The number of nitrogens with two attached hydrogens (primary N) is 1. The predicted molar refractivity (Wildman–Crippen MR) is 82.3 cm³/mol. The molecule has 0 spiro atoms. The first-order chi connectivity index (χ1) is 8.54. The molecule has 0 radical (unpaired) electrons. The number of anilines is 1. The van der Waals surface area contributed by atoms with Gasteiger partial charge in [0, 0.05) is 11.6 Å². The molecule has 2 rings (SSSR count). The lowest BCUT2D eigenvalue weighted by Crippen LogP contribution is -1.93. The van der Waals surface area contributed by atoms with Gasteiger partial charge < -0.3 is 10.5 Å². The molecule has 0 unspecified atom stereocenters. The number of nitrogen functional groups attached to an aromatic ring is 1. The third-order valence-corrected chi connectivity index (χ3v) is 4.02. The van der Waals surface area contributed by atoms with Gasteiger partial charge in [-0.15, -0.1) is 0 Å². The summed E-state index contributed by atoms with van der Waals surface area (Å²) in [6, 6.07) is 3.43. The zero-order valence-electron chi connectivity index (χ0n) is 9.43. The van der Waals surface area contributed by atoms with Crippen LogP contribution in [0.1, 0.15) is 6.92 Å². The second-order valence-electron chi connectivity index (χ2n) is 3.49. The van der Waals surface area contributed by atoms with Gasteiger partial charge in [0.25, 0.3) is 0 Å². The van der Waals surface area contributed by atoms with E-state index in [9.17, 15) is 0 Å². The molecule has 1 aromatic carbocycles. The number of rotatable bonds is 3. The van der Waals surface area contributed by atoms with Crippen molar-refractivity contribution < 1.29 is 4.74 Å². The fourth-order valence-electron chi connectivity index (χ4n) is 1.51. The number of aromatic amines is 1. The molecule has 1 aromatic heterocycles. The molecule has 0 aliphatic heterocycles. The van der Waals surface area contributed by atoms with Gasteiger partial charge in [-0.25, -0.2) is 0 Å². The van der Waals surface area contributed by atoms with Gasteiger partial charge in [0.1, 0.15) is 5.75 Å². The first kappa shape index (κ1) is 13.8. The third kappa shape index (κ3) is 2.53. The van der Waals surface area contributed by atoms with E-state index in [1.54, 1.807) is 12.1 Å². The van der Waals surface area contributed by atoms with E-state index in [1.807, 2.05) is 6.92 Å². The number of halogens is 3. The lowest BCUT2D eigenvalue weighted by atomic mass is 10.1. The highest BCUT2D eigenvalue weighted by Crippen LogP contribution is 2.38. The Bertz CT molecular complexity index is 586. The number of nitrogens with one attached hydrogen (secondary N) is 1. The molecule has 0 aliphatic carbocycles. The highest BCUT2D eigenvalue weighted by molar-refractivity contribution is 14.1. The number of benzene rings is 1. The van der Waals surface area contributed by atoms with E-state index in [2.05, 4.69) is 32.8 Å². The molecule has 0 saturated carbocycles. The molecule has 0 amide bonds. The number of aromatic nitrogens is 2. The zero-order chi connectivity index (χ0) is 13.3. The average Bonchev–Trinajstić information content (AvgIpc) is 2.65. The Morgan fingerprint density at radius 2 is 2.11 bits per heavy atom. The van der Waals surface area contributed by atoms with Crippen molar-refractivity contribution >= 4 is 51.6 Å². The maximum atomic E-state index is 6.22. The molecule has 4 nitrogen and oxygen atoms in total. The summed E-state index contributed by atoms with van der Waals surface area (Å²) in [5.74, 6) is 1.00. The van der Waals surface area contributed by atoms with Crippen LogP contribution in [0.15, 0.2) is 12.1 Å². The van der Waals surface area contributed by atoms with Crippen LogP contribution in [0.2, 0.25) is 10.0 Å². The van der Waals surface area contributed by atoms with Crippen molar-refractivity contribution in [3.63, 3.8) is 0 Å². The van der Waals surface area contributed by atoms with Crippen LogP contribution in [-0.2, 0) is 0 Å². The van der Waals surface area contributed by atoms with Crippen LogP contribution in [0.4, 0.5) is 5.82 Å². The minimum absolute atomic E-state index is 0.437. The van der Waals surface area contributed by atoms with Crippen LogP contribution >= 0.6 is 45.8 Å². The lowest BCUT2D eigenvalue weighted by Gasteiger charge is -2.09. The second-order valence-corrected chi connectivity index (χ2v) is 5.39. The van der Waals surface area contributed by atoms with Gasteiger partial charge in [-0.05, 0) is 35.6 Å². The number of H-pyrrole nitrogens is 1. The van der Waals surface area contributed by atoms with E-state index < -0.39 is 0 Å². The van der Waals surface area contributed by atoms with Crippen molar-refractivity contribution in [3.8, 4) is 17.0 Å². The molecule has 0 atom stereocenters. The molecule has 0 saturated heterocycles. The molecule has 18 heavy (non-hydrogen) atoms. The summed E-state index contributed by atoms with van der Waals surface area (Å²) in [7, 11) is 0. The summed E-state index contributed by atoms with van der Waals surface area (Å²) < 4.78 is 6.19. The van der Waals surface area contributed by atoms with Crippen molar-refractivity contribution in [3.05, 3.63) is 25.7 Å². The molecule has 3 N–H and O–H groups in total. The average molecular weight is 398 g/mol. The molecular formula is C11H10Cl2IN3O. The molecule has 7 heteroatoms. The Morgan fingerprint density at radius 3 is 2.67 bits per heavy atom. The SMILES string of the molecule is CCOc1cc(Cl)c(-c2[nH]nc(N)c2I)cc1Cl. The lowest BCUT2D eigenvalue weighted by molar-refractivity contribution is 0.340. The molecule has 1 heterocycles. The number of nitrogens with zero attached hydrogens (tertiary/aromatic N) is 1. The molecule has 2 aromatic rings. The highest BCUT2D eigenvalue weighted by Gasteiger charge is 2.15. The number of ether oxygens (including phenoxy) is 1. The fraction of sp³-hybridized carbons (Fsp3) is 0.182. The van der Waals surface area contributed by atoms with Gasteiger partial charge in [0.15, 0.2) is 5.82 Å². The maximum Gasteiger partial charge on any atom is 0.159 e. The van der Waals surface area contributed by atoms with Gasteiger partial charge in [-0.2, -0.15) is 5.10 Å². The highest BCUT2D eigenvalue weighted by atomic mass is 127. The van der Waals surface area contributed by atoms with Crippen LogP contribution in [0.25, 0.3) is 11.3 Å². The van der Waals surface area contributed by atoms with Crippen molar-refractivity contribution in [1.82, 2.24) is 10.2 Å². The molecule has 0 fully saturated rings. The van der Waals surface area contributed by atoms with E-state index in [1.165, 1.54) is 0 Å². The minimum atomic E-state index is 0.437. The Balaban J connectivity index is 2.53. The van der Waals surface area contributed by atoms with E-state index in [4.69, 9.17) is 33.7 Å². The summed E-state index contributed by atoms with van der Waals surface area (Å²) in [4.78, 5) is 0. The molecule has 96 valence electrons. The molecule has 0 aliphatic rings. The summed E-state index contributed by atoms with van der Waals surface area (Å²) >= 11 is 14.5. The normalized spacial score (nSPS) is 10.7. The van der Waals surface area contributed by atoms with E-state index in [0.717, 1.165) is 14.8 Å². The smallest absolute Gasteiger partial charge is 0.159 e. The Morgan fingerprint density at radius 1 is 1.39 bits per heavy atom. The van der Waals surface area contributed by atoms with E-state index >= 15 is 0 Å². The van der Waals surface area contributed by atoms with Crippen LogP contribution in [0, 0.1) is 3.57 Å². The zero-order valence-corrected chi connectivity index (χ0v) is 13.1. The van der Waals surface area contributed by atoms with Crippen molar-refractivity contribution in [2.75, 3.05) is 12.3 Å². The van der Waals surface area contributed by atoms with E-state index in [0.29, 0.717) is 28.2 Å². The Kier molecular flexibility index (Phi) is 4.24. The van der Waals surface area contributed by atoms with Gasteiger partial charge >= 0.3 is 0 Å². The monoisotopic (exact) mass is 397 g/mol. The standard InChI is InChI=1S/C11H10Cl2IN3O/c1-2-18-8-4-6(12)5(3-7(8)13)10-9(14)11(15)17-16-10/h3-4H,2H2,1H3,(H3,15,16,17). The van der Waals surface area contributed by atoms with Gasteiger partial charge in [0.05, 0.1) is 25.9 Å². The van der Waals surface area contributed by atoms with Crippen LogP contribution in [0.3, 0.4) is 0 Å². The van der Waals surface area contributed by atoms with Crippen LogP contribution in [0.5, 0.6) is 5.75 Å². The van der Waals surface area contributed by atoms with E-state index in [-0.39, 0.29) is 0 Å². The Hall–Kier alpha value is -0.660.